The Morgan fingerprint density at radius 1 is 1.09 bits per heavy atom. The second kappa shape index (κ2) is 10.7. The van der Waals surface area contributed by atoms with Gasteiger partial charge in [0.2, 0.25) is 17.7 Å². The van der Waals surface area contributed by atoms with Crippen LogP contribution in [0.3, 0.4) is 0 Å². The van der Waals surface area contributed by atoms with Crippen LogP contribution in [0.5, 0.6) is 5.88 Å². The molecule has 172 valence electrons. The second-order valence-corrected chi connectivity index (χ2v) is 8.82. The van der Waals surface area contributed by atoms with E-state index in [9.17, 15) is 9.59 Å². The van der Waals surface area contributed by atoms with Crippen molar-refractivity contribution in [2.75, 3.05) is 39.3 Å². The third-order valence-electron chi connectivity index (χ3n) is 6.75. The first-order valence-electron chi connectivity index (χ1n) is 11.7. The van der Waals surface area contributed by atoms with Crippen molar-refractivity contribution < 1.29 is 14.4 Å². The zero-order valence-corrected chi connectivity index (χ0v) is 18.5. The van der Waals surface area contributed by atoms with E-state index in [4.69, 9.17) is 10.1 Å². The number of nitriles is 1. The van der Waals surface area contributed by atoms with Crippen molar-refractivity contribution in [2.45, 2.75) is 50.6 Å². The molecule has 0 spiro atoms. The van der Waals surface area contributed by atoms with E-state index in [1.807, 2.05) is 28.2 Å². The van der Waals surface area contributed by atoms with Gasteiger partial charge in [-0.3, -0.25) is 9.59 Å². The van der Waals surface area contributed by atoms with Gasteiger partial charge in [0, 0.05) is 43.9 Å². The molecule has 1 aromatic rings. The number of nitrogens with one attached hydrogen (secondary N) is 1. The number of hydroxylamine groups is 2. The van der Waals surface area contributed by atoms with Gasteiger partial charge in [-0.25, -0.2) is 4.98 Å². The Hall–Kier alpha value is -2.70. The molecule has 1 aromatic heterocycles. The van der Waals surface area contributed by atoms with Crippen LogP contribution in [-0.2, 0) is 9.59 Å². The van der Waals surface area contributed by atoms with Crippen molar-refractivity contribution in [3.8, 4) is 11.9 Å². The molecule has 0 radical (unpaired) electrons. The number of carbonyl (C=O) groups is 2. The third-order valence-corrected chi connectivity index (χ3v) is 6.75. The zero-order valence-electron chi connectivity index (χ0n) is 18.5. The Labute approximate surface area is 189 Å². The quantitative estimate of drug-likeness (QED) is 0.709. The van der Waals surface area contributed by atoms with Gasteiger partial charge in [0.25, 0.3) is 0 Å². The predicted molar refractivity (Wildman–Crippen MR) is 117 cm³/mol. The number of hydrogen-bond donors (Lipinski definition) is 1. The van der Waals surface area contributed by atoms with Gasteiger partial charge in [0.05, 0.1) is 25.7 Å². The molecule has 32 heavy (non-hydrogen) atoms. The molecule has 1 N–H and O–H groups in total. The van der Waals surface area contributed by atoms with Crippen LogP contribution in [0.2, 0.25) is 0 Å². The lowest BCUT2D eigenvalue weighted by atomic mass is 9.85. The highest BCUT2D eigenvalue weighted by molar-refractivity contribution is 5.80. The lowest BCUT2D eigenvalue weighted by Gasteiger charge is -2.37. The third kappa shape index (κ3) is 5.56. The van der Waals surface area contributed by atoms with Gasteiger partial charge < -0.3 is 20.0 Å². The average Bonchev–Trinajstić information content (AvgIpc) is 3.33. The van der Waals surface area contributed by atoms with Crippen molar-refractivity contribution in [1.29, 1.82) is 5.26 Å². The number of nitrogens with zero attached hydrogens (tertiary/aromatic N) is 5. The summed E-state index contributed by atoms with van der Waals surface area (Å²) in [6.07, 6.45) is 6.87. The monoisotopic (exact) mass is 440 g/mol. The maximum absolute atomic E-state index is 13.0. The molecule has 1 atom stereocenters. The summed E-state index contributed by atoms with van der Waals surface area (Å²) in [6.45, 7) is 3.62. The number of rotatable bonds is 6. The van der Waals surface area contributed by atoms with Gasteiger partial charge in [-0.05, 0) is 44.6 Å². The maximum Gasteiger partial charge on any atom is 0.238 e. The first-order chi connectivity index (χ1) is 15.6. The van der Waals surface area contributed by atoms with Crippen LogP contribution >= 0.6 is 0 Å². The maximum atomic E-state index is 13.0. The van der Waals surface area contributed by atoms with Crippen LogP contribution < -0.4 is 10.2 Å². The summed E-state index contributed by atoms with van der Waals surface area (Å²) in [5, 5.41) is 14.4. The molecule has 0 aromatic carbocycles. The minimum Gasteiger partial charge on any atom is -0.386 e. The molecule has 3 heterocycles. The van der Waals surface area contributed by atoms with E-state index in [2.05, 4.69) is 16.4 Å². The largest absolute Gasteiger partial charge is 0.386 e. The molecule has 2 saturated heterocycles. The second-order valence-electron chi connectivity index (χ2n) is 8.82. The normalized spacial score (nSPS) is 26.5. The summed E-state index contributed by atoms with van der Waals surface area (Å²) in [6, 6.07) is 7.77. The van der Waals surface area contributed by atoms with E-state index in [1.54, 1.807) is 11.1 Å². The Morgan fingerprint density at radius 2 is 1.88 bits per heavy atom. The standard InChI is InChI=1S/C23H32N6O3/c24-16-20-4-3-11-29(20)22(30)17-26-19-8-6-18(7-9-19)23(31)27-12-14-28(15-13-27)32-21-5-1-2-10-25-21/h1-2,5,10,18-20,26H,3-4,6-9,11-15,17H2/t18?,19?,20-/m0/s1. The predicted octanol–water partition coefficient (Wildman–Crippen LogP) is 1.18. The van der Waals surface area contributed by atoms with E-state index in [-0.39, 0.29) is 36.4 Å². The molecule has 9 heteroatoms. The Bertz CT molecular complexity index is 813. The number of likely N-dealkylation sites (tertiary alicyclic amines) is 1. The fraction of sp³-hybridized carbons (Fsp3) is 0.652. The van der Waals surface area contributed by atoms with Crippen LogP contribution in [0.4, 0.5) is 0 Å². The van der Waals surface area contributed by atoms with Gasteiger partial charge in [-0.1, -0.05) is 6.07 Å². The first-order valence-corrected chi connectivity index (χ1v) is 11.7. The molecule has 2 aliphatic heterocycles. The lowest BCUT2D eigenvalue weighted by Crippen LogP contribution is -2.52. The van der Waals surface area contributed by atoms with Crippen molar-refractivity contribution >= 4 is 11.8 Å². The highest BCUT2D eigenvalue weighted by Gasteiger charge is 2.32. The summed E-state index contributed by atoms with van der Waals surface area (Å²) < 4.78 is 0. The smallest absolute Gasteiger partial charge is 0.238 e. The fourth-order valence-corrected chi connectivity index (χ4v) is 4.87. The minimum absolute atomic E-state index is 0.0121. The Morgan fingerprint density at radius 3 is 2.56 bits per heavy atom. The molecule has 1 saturated carbocycles. The van der Waals surface area contributed by atoms with E-state index >= 15 is 0 Å². The summed E-state index contributed by atoms with van der Waals surface area (Å²) in [4.78, 5) is 39.0. The number of pyridine rings is 1. The number of aromatic nitrogens is 1. The average molecular weight is 441 g/mol. The molecule has 9 nitrogen and oxygen atoms in total. The number of hydrogen-bond acceptors (Lipinski definition) is 7. The number of carbonyl (C=O) groups excluding carboxylic acids is 2. The molecule has 1 aliphatic carbocycles. The molecule has 0 unspecified atom stereocenters. The number of piperazine rings is 1. The molecule has 3 fully saturated rings. The molecular weight excluding hydrogens is 408 g/mol. The van der Waals surface area contributed by atoms with Gasteiger partial charge in [0.15, 0.2) is 0 Å². The van der Waals surface area contributed by atoms with Gasteiger partial charge in [0.1, 0.15) is 6.04 Å². The topological polar surface area (TPSA) is 102 Å². The number of amides is 2. The van der Waals surface area contributed by atoms with E-state index < -0.39 is 0 Å². The van der Waals surface area contributed by atoms with E-state index in [0.717, 1.165) is 38.5 Å². The van der Waals surface area contributed by atoms with Gasteiger partial charge in [-0.15, -0.1) is 5.06 Å². The van der Waals surface area contributed by atoms with Crippen molar-refractivity contribution in [3.05, 3.63) is 24.4 Å². The van der Waals surface area contributed by atoms with Gasteiger partial charge in [-0.2, -0.15) is 5.26 Å². The summed E-state index contributed by atoms with van der Waals surface area (Å²) >= 11 is 0. The van der Waals surface area contributed by atoms with Crippen molar-refractivity contribution in [3.63, 3.8) is 0 Å². The zero-order chi connectivity index (χ0) is 22.3. The highest BCUT2D eigenvalue weighted by Crippen LogP contribution is 2.27. The lowest BCUT2D eigenvalue weighted by molar-refractivity contribution is -0.145. The van der Waals surface area contributed by atoms with Crippen LogP contribution in [0.1, 0.15) is 38.5 Å². The first kappa shape index (κ1) is 22.5. The van der Waals surface area contributed by atoms with Crippen LogP contribution in [0.15, 0.2) is 24.4 Å². The van der Waals surface area contributed by atoms with Crippen LogP contribution in [-0.4, -0.2) is 83.0 Å². The van der Waals surface area contributed by atoms with E-state index in [0.29, 0.717) is 38.6 Å². The SMILES string of the molecule is N#C[C@@H]1CCCN1C(=O)CNC1CCC(C(=O)N2CCN(Oc3ccccn3)CC2)CC1. The molecule has 2 amide bonds. The Balaban J connectivity index is 1.15. The summed E-state index contributed by atoms with van der Waals surface area (Å²) in [5.74, 6) is 0.891. The van der Waals surface area contributed by atoms with E-state index in [1.165, 1.54) is 0 Å². The summed E-state index contributed by atoms with van der Waals surface area (Å²) in [7, 11) is 0. The van der Waals surface area contributed by atoms with Crippen LogP contribution in [0.25, 0.3) is 0 Å². The molecular formula is C23H32N6O3. The Kier molecular flexibility index (Phi) is 7.55. The van der Waals surface area contributed by atoms with Crippen LogP contribution in [0, 0.1) is 17.2 Å². The van der Waals surface area contributed by atoms with Crippen molar-refractivity contribution in [2.24, 2.45) is 5.92 Å². The highest BCUT2D eigenvalue weighted by atomic mass is 16.7. The molecule has 4 rings (SSSR count). The molecule has 3 aliphatic rings. The van der Waals surface area contributed by atoms with Gasteiger partial charge >= 0.3 is 0 Å². The fourth-order valence-electron chi connectivity index (χ4n) is 4.87. The minimum atomic E-state index is -0.271. The van der Waals surface area contributed by atoms with Crippen molar-refractivity contribution in [1.82, 2.24) is 25.2 Å². The molecule has 0 bridgehead atoms. The summed E-state index contributed by atoms with van der Waals surface area (Å²) in [5.41, 5.74) is 0.